The van der Waals surface area contributed by atoms with Gasteiger partial charge in [0.25, 0.3) is 5.91 Å². The SMILES string of the molecule is O=C(Nc1nn(Cc2ccc(Cl)cc2Cl)cc1Cl)c1cccc(Cl)c1Cl. The van der Waals surface area contributed by atoms with E-state index in [1.54, 1.807) is 47.3 Å². The lowest BCUT2D eigenvalue weighted by atomic mass is 10.2. The van der Waals surface area contributed by atoms with Crippen LogP contribution < -0.4 is 5.32 Å². The summed E-state index contributed by atoms with van der Waals surface area (Å²) in [6.45, 7) is 0.365. The van der Waals surface area contributed by atoms with Crippen LogP contribution in [0.25, 0.3) is 0 Å². The van der Waals surface area contributed by atoms with E-state index in [4.69, 9.17) is 58.0 Å². The first-order chi connectivity index (χ1) is 12.3. The number of carbonyl (C=O) groups excluding carboxylic acids is 1. The Balaban J connectivity index is 1.80. The molecule has 1 aromatic heterocycles. The summed E-state index contributed by atoms with van der Waals surface area (Å²) in [4.78, 5) is 12.4. The Labute approximate surface area is 174 Å². The summed E-state index contributed by atoms with van der Waals surface area (Å²) in [5.74, 6) is -0.257. The Morgan fingerprint density at radius 2 is 1.77 bits per heavy atom. The van der Waals surface area contributed by atoms with E-state index in [0.717, 1.165) is 5.56 Å². The number of hydrogen-bond acceptors (Lipinski definition) is 2. The molecule has 1 amide bonds. The number of carbonyl (C=O) groups is 1. The molecule has 0 atom stereocenters. The molecule has 134 valence electrons. The van der Waals surface area contributed by atoms with Crippen LogP contribution in [0.15, 0.2) is 42.6 Å². The second kappa shape index (κ2) is 8.07. The summed E-state index contributed by atoms with van der Waals surface area (Å²) in [6.07, 6.45) is 1.59. The molecule has 2 aromatic carbocycles. The number of nitrogens with zero attached hydrogens (tertiary/aromatic N) is 2. The predicted octanol–water partition coefficient (Wildman–Crippen LogP) is 6.45. The Morgan fingerprint density at radius 3 is 2.50 bits per heavy atom. The van der Waals surface area contributed by atoms with Crippen LogP contribution in [-0.4, -0.2) is 15.7 Å². The van der Waals surface area contributed by atoms with Gasteiger partial charge < -0.3 is 5.32 Å². The van der Waals surface area contributed by atoms with Crippen LogP contribution in [0.1, 0.15) is 15.9 Å². The van der Waals surface area contributed by atoms with Crippen molar-refractivity contribution in [3.05, 3.63) is 78.8 Å². The second-order valence-electron chi connectivity index (χ2n) is 5.31. The summed E-state index contributed by atoms with van der Waals surface area (Å²) in [7, 11) is 0. The Hall–Kier alpha value is -1.43. The standard InChI is InChI=1S/C17H10Cl5N3O/c18-10-5-4-9(13(20)6-10)7-25-8-14(21)16(24-25)23-17(26)11-2-1-3-12(19)15(11)22/h1-6,8H,7H2,(H,23,24,26). The average Bonchev–Trinajstić information content (AvgIpc) is 2.92. The summed E-state index contributed by atoms with van der Waals surface area (Å²) >= 11 is 30.2. The monoisotopic (exact) mass is 447 g/mol. The topological polar surface area (TPSA) is 46.9 Å². The summed E-state index contributed by atoms with van der Waals surface area (Å²) in [5, 5.41) is 8.68. The van der Waals surface area contributed by atoms with E-state index in [-0.39, 0.29) is 26.4 Å². The Morgan fingerprint density at radius 1 is 1.00 bits per heavy atom. The number of rotatable bonds is 4. The molecular formula is C17H10Cl5N3O. The number of anilines is 1. The van der Waals surface area contributed by atoms with Crippen molar-refractivity contribution in [1.82, 2.24) is 9.78 Å². The number of hydrogen-bond donors (Lipinski definition) is 1. The molecule has 1 N–H and O–H groups in total. The van der Waals surface area contributed by atoms with E-state index in [0.29, 0.717) is 16.6 Å². The lowest BCUT2D eigenvalue weighted by Gasteiger charge is -2.06. The van der Waals surface area contributed by atoms with Gasteiger partial charge in [-0.25, -0.2) is 0 Å². The summed E-state index contributed by atoms with van der Waals surface area (Å²) in [5.41, 5.74) is 1.04. The largest absolute Gasteiger partial charge is 0.304 e. The number of benzene rings is 2. The molecule has 4 nitrogen and oxygen atoms in total. The van der Waals surface area contributed by atoms with Gasteiger partial charge in [-0.2, -0.15) is 5.10 Å². The van der Waals surface area contributed by atoms with E-state index in [1.165, 1.54) is 0 Å². The minimum atomic E-state index is -0.464. The lowest BCUT2D eigenvalue weighted by Crippen LogP contribution is -2.13. The van der Waals surface area contributed by atoms with Crippen LogP contribution >= 0.6 is 58.0 Å². The molecule has 0 radical (unpaired) electrons. The summed E-state index contributed by atoms with van der Waals surface area (Å²) in [6, 6.07) is 9.96. The third kappa shape index (κ3) is 4.27. The van der Waals surface area contributed by atoms with Gasteiger partial charge in [0.1, 0.15) is 5.02 Å². The van der Waals surface area contributed by atoms with Gasteiger partial charge in [-0.15, -0.1) is 0 Å². The third-order valence-electron chi connectivity index (χ3n) is 3.49. The highest BCUT2D eigenvalue weighted by molar-refractivity contribution is 6.44. The molecule has 0 unspecified atom stereocenters. The van der Waals surface area contributed by atoms with Crippen LogP contribution in [0.4, 0.5) is 5.82 Å². The molecular weight excluding hydrogens is 439 g/mol. The highest BCUT2D eigenvalue weighted by Gasteiger charge is 2.16. The molecule has 0 aliphatic carbocycles. The van der Waals surface area contributed by atoms with E-state index in [2.05, 4.69) is 10.4 Å². The van der Waals surface area contributed by atoms with Crippen LogP contribution in [0.2, 0.25) is 25.1 Å². The molecule has 0 saturated heterocycles. The molecule has 1 heterocycles. The quantitative estimate of drug-likeness (QED) is 0.497. The van der Waals surface area contributed by atoms with Crippen molar-refractivity contribution in [2.75, 3.05) is 5.32 Å². The number of nitrogens with one attached hydrogen (secondary N) is 1. The Bertz CT molecular complexity index is 987. The van der Waals surface area contributed by atoms with Gasteiger partial charge in [-0.3, -0.25) is 9.48 Å². The fraction of sp³-hybridized carbons (Fsp3) is 0.0588. The molecule has 0 spiro atoms. The van der Waals surface area contributed by atoms with Crippen molar-refractivity contribution in [2.45, 2.75) is 6.54 Å². The summed E-state index contributed by atoms with van der Waals surface area (Å²) < 4.78 is 1.56. The maximum Gasteiger partial charge on any atom is 0.258 e. The van der Waals surface area contributed by atoms with Crippen molar-refractivity contribution in [3.8, 4) is 0 Å². The maximum atomic E-state index is 12.4. The average molecular weight is 450 g/mol. The third-order valence-corrected chi connectivity index (χ3v) is 5.18. The van der Waals surface area contributed by atoms with Crippen molar-refractivity contribution in [2.24, 2.45) is 0 Å². The van der Waals surface area contributed by atoms with E-state index >= 15 is 0 Å². The zero-order valence-electron chi connectivity index (χ0n) is 12.9. The molecule has 3 rings (SSSR count). The molecule has 9 heteroatoms. The zero-order valence-corrected chi connectivity index (χ0v) is 16.7. The van der Waals surface area contributed by atoms with Gasteiger partial charge in [0.2, 0.25) is 0 Å². The van der Waals surface area contributed by atoms with E-state index in [1.807, 2.05) is 0 Å². The number of halogens is 5. The van der Waals surface area contributed by atoms with Gasteiger partial charge in [0.05, 0.1) is 22.2 Å². The van der Waals surface area contributed by atoms with Gasteiger partial charge in [-0.1, -0.05) is 70.1 Å². The molecule has 3 aromatic rings. The van der Waals surface area contributed by atoms with Crippen LogP contribution in [-0.2, 0) is 6.54 Å². The first-order valence-corrected chi connectivity index (χ1v) is 9.16. The zero-order chi connectivity index (χ0) is 18.8. The normalized spacial score (nSPS) is 10.8. The lowest BCUT2D eigenvalue weighted by molar-refractivity contribution is 0.102. The van der Waals surface area contributed by atoms with Crippen LogP contribution in [0.3, 0.4) is 0 Å². The van der Waals surface area contributed by atoms with Crippen molar-refractivity contribution in [1.29, 1.82) is 0 Å². The first-order valence-electron chi connectivity index (χ1n) is 7.27. The van der Waals surface area contributed by atoms with Gasteiger partial charge in [0.15, 0.2) is 5.82 Å². The van der Waals surface area contributed by atoms with Crippen LogP contribution in [0.5, 0.6) is 0 Å². The van der Waals surface area contributed by atoms with Gasteiger partial charge in [-0.05, 0) is 29.8 Å². The fourth-order valence-corrected chi connectivity index (χ4v) is 3.29. The van der Waals surface area contributed by atoms with E-state index < -0.39 is 5.91 Å². The number of amides is 1. The molecule has 0 aliphatic heterocycles. The van der Waals surface area contributed by atoms with Crippen LogP contribution in [0, 0.1) is 0 Å². The second-order valence-corrected chi connectivity index (χ2v) is 7.35. The van der Waals surface area contributed by atoms with E-state index in [9.17, 15) is 4.79 Å². The van der Waals surface area contributed by atoms with Crippen molar-refractivity contribution < 1.29 is 4.79 Å². The van der Waals surface area contributed by atoms with Crippen molar-refractivity contribution >= 4 is 69.7 Å². The molecule has 0 saturated carbocycles. The first kappa shape index (κ1) is 19.3. The highest BCUT2D eigenvalue weighted by Crippen LogP contribution is 2.28. The number of aromatic nitrogens is 2. The van der Waals surface area contributed by atoms with Crippen molar-refractivity contribution in [3.63, 3.8) is 0 Å². The molecule has 0 bridgehead atoms. The van der Waals surface area contributed by atoms with Gasteiger partial charge >= 0.3 is 0 Å². The minimum Gasteiger partial charge on any atom is -0.304 e. The predicted molar refractivity (Wildman–Crippen MR) is 107 cm³/mol. The molecule has 0 fully saturated rings. The Kier molecular flexibility index (Phi) is 6.00. The smallest absolute Gasteiger partial charge is 0.258 e. The van der Waals surface area contributed by atoms with Gasteiger partial charge in [0, 0.05) is 16.2 Å². The molecule has 26 heavy (non-hydrogen) atoms. The maximum absolute atomic E-state index is 12.4. The fourth-order valence-electron chi connectivity index (χ4n) is 2.24. The highest BCUT2D eigenvalue weighted by atomic mass is 35.5. The molecule has 0 aliphatic rings. The minimum absolute atomic E-state index is 0.162.